The molecule has 3 aromatic rings. The lowest BCUT2D eigenvalue weighted by Crippen LogP contribution is -2.42. The lowest BCUT2D eigenvalue weighted by Gasteiger charge is -2.32. The Balaban J connectivity index is 2.05. The summed E-state index contributed by atoms with van der Waals surface area (Å²) in [5.41, 5.74) is 0.198. The largest absolute Gasteiger partial charge is 0.383 e. The van der Waals surface area contributed by atoms with Crippen molar-refractivity contribution in [3.05, 3.63) is 70.3 Å². The summed E-state index contributed by atoms with van der Waals surface area (Å²) in [6.07, 6.45) is 0.452. The van der Waals surface area contributed by atoms with Gasteiger partial charge in [-0.05, 0) is 37.6 Å². The van der Waals surface area contributed by atoms with Gasteiger partial charge in [-0.25, -0.2) is 18.6 Å². The van der Waals surface area contributed by atoms with Crippen LogP contribution in [0.3, 0.4) is 0 Å². The van der Waals surface area contributed by atoms with Gasteiger partial charge >= 0.3 is 6.03 Å². The Bertz CT molecular complexity index is 1170. The number of aromatic nitrogens is 2. The molecule has 170 valence electrons. The number of carbonyl (C=O) groups excluding carboxylic acids is 1. The number of anilines is 1. The Morgan fingerprint density at radius 3 is 2.62 bits per heavy atom. The van der Waals surface area contributed by atoms with Crippen molar-refractivity contribution in [2.75, 3.05) is 25.6 Å². The molecular weight excluding hydrogens is 418 g/mol. The minimum absolute atomic E-state index is 0.145. The third-order valence-electron chi connectivity index (χ3n) is 5.24. The van der Waals surface area contributed by atoms with Crippen LogP contribution < -0.4 is 10.9 Å². The van der Waals surface area contributed by atoms with Crippen LogP contribution in [0.4, 0.5) is 19.3 Å². The van der Waals surface area contributed by atoms with Gasteiger partial charge in [-0.2, -0.15) is 0 Å². The summed E-state index contributed by atoms with van der Waals surface area (Å²) >= 11 is 0. The van der Waals surface area contributed by atoms with Gasteiger partial charge in [0.2, 0.25) is 0 Å². The first-order valence-corrected chi connectivity index (χ1v) is 10.4. The van der Waals surface area contributed by atoms with Crippen LogP contribution in [0.2, 0.25) is 0 Å². The van der Waals surface area contributed by atoms with Crippen molar-refractivity contribution < 1.29 is 18.3 Å². The molecule has 1 atom stereocenters. The van der Waals surface area contributed by atoms with Crippen molar-refractivity contribution >= 4 is 22.6 Å². The van der Waals surface area contributed by atoms with E-state index in [1.165, 1.54) is 12.0 Å². The lowest BCUT2D eigenvalue weighted by atomic mass is 10.1. The Morgan fingerprint density at radius 2 is 1.97 bits per heavy atom. The predicted octanol–water partition coefficient (Wildman–Crippen LogP) is 4.33. The van der Waals surface area contributed by atoms with E-state index in [0.29, 0.717) is 35.8 Å². The minimum Gasteiger partial charge on any atom is -0.383 e. The van der Waals surface area contributed by atoms with Gasteiger partial charge in [0.1, 0.15) is 17.5 Å². The molecule has 0 aliphatic carbocycles. The number of fused-ring (bicyclic) bond motifs is 1. The van der Waals surface area contributed by atoms with E-state index in [4.69, 9.17) is 9.72 Å². The van der Waals surface area contributed by atoms with Gasteiger partial charge in [-0.1, -0.05) is 19.1 Å². The summed E-state index contributed by atoms with van der Waals surface area (Å²) in [7, 11) is 1.51. The molecule has 0 aliphatic heterocycles. The zero-order valence-electron chi connectivity index (χ0n) is 18.3. The molecule has 0 saturated carbocycles. The molecule has 1 N–H and O–H groups in total. The molecule has 0 radical (unpaired) electrons. The Hall–Kier alpha value is -3.33. The van der Waals surface area contributed by atoms with Crippen molar-refractivity contribution in [2.24, 2.45) is 0 Å². The molecule has 7 nitrogen and oxygen atoms in total. The molecule has 3 rings (SSSR count). The molecule has 2 amide bonds. The van der Waals surface area contributed by atoms with Gasteiger partial charge in [0.05, 0.1) is 29.2 Å². The maximum Gasteiger partial charge on any atom is 0.322 e. The number of para-hydroxylation sites is 1. The Kier molecular flexibility index (Phi) is 7.53. The molecule has 0 fully saturated rings. The molecule has 1 heterocycles. The number of nitrogens with one attached hydrogen (secondary N) is 1. The first kappa shape index (κ1) is 23.3. The molecule has 0 aliphatic rings. The highest BCUT2D eigenvalue weighted by molar-refractivity contribution is 5.89. The standard InChI is InChI=1S/C23H26F2N4O3/c1-4-20(21-26-18-9-7-6-8-16(18)22(30)28(21)5-2)29(12-13-32-3)23(31)27-19-11-10-15(24)14-17(19)25/h6-11,14,20H,4-5,12-13H2,1-3H3,(H,27,31). The van der Waals surface area contributed by atoms with Crippen molar-refractivity contribution in [2.45, 2.75) is 32.9 Å². The Labute approximate surface area is 184 Å². The lowest BCUT2D eigenvalue weighted by molar-refractivity contribution is 0.130. The summed E-state index contributed by atoms with van der Waals surface area (Å²) in [6.45, 7) is 4.48. The van der Waals surface area contributed by atoms with Crippen molar-refractivity contribution in [3.63, 3.8) is 0 Å². The normalized spacial score (nSPS) is 12.0. The molecule has 9 heteroatoms. The molecule has 0 bridgehead atoms. The number of urea groups is 1. The fourth-order valence-corrected chi connectivity index (χ4v) is 3.65. The van der Waals surface area contributed by atoms with E-state index in [2.05, 4.69) is 5.32 Å². The fourth-order valence-electron chi connectivity index (χ4n) is 3.65. The number of amides is 2. The summed E-state index contributed by atoms with van der Waals surface area (Å²) in [6, 6.07) is 8.78. The van der Waals surface area contributed by atoms with Crippen LogP contribution in [0.15, 0.2) is 47.3 Å². The molecule has 1 aromatic heterocycles. The monoisotopic (exact) mass is 444 g/mol. The number of benzene rings is 2. The van der Waals surface area contributed by atoms with E-state index in [9.17, 15) is 18.4 Å². The van der Waals surface area contributed by atoms with Crippen LogP contribution in [0.5, 0.6) is 0 Å². The van der Waals surface area contributed by atoms with Gasteiger partial charge in [0.15, 0.2) is 0 Å². The SMILES string of the molecule is CCC(c1nc2ccccc2c(=O)n1CC)N(CCOC)C(=O)Nc1ccc(F)cc1F. The second-order valence-electron chi connectivity index (χ2n) is 7.20. The number of methoxy groups -OCH3 is 1. The van der Waals surface area contributed by atoms with Crippen molar-refractivity contribution in [3.8, 4) is 0 Å². The highest BCUT2D eigenvalue weighted by Crippen LogP contribution is 2.25. The number of ether oxygens (including phenoxy) is 1. The van der Waals surface area contributed by atoms with E-state index in [1.807, 2.05) is 13.8 Å². The highest BCUT2D eigenvalue weighted by Gasteiger charge is 2.28. The van der Waals surface area contributed by atoms with Gasteiger partial charge in [-0.15, -0.1) is 0 Å². The summed E-state index contributed by atoms with van der Waals surface area (Å²) < 4.78 is 34.1. The number of rotatable bonds is 8. The smallest absolute Gasteiger partial charge is 0.322 e. The van der Waals surface area contributed by atoms with Crippen molar-refractivity contribution in [1.29, 1.82) is 0 Å². The predicted molar refractivity (Wildman–Crippen MR) is 119 cm³/mol. The van der Waals surface area contributed by atoms with Gasteiger partial charge < -0.3 is 15.0 Å². The summed E-state index contributed by atoms with van der Waals surface area (Å²) in [5, 5.41) is 2.99. The summed E-state index contributed by atoms with van der Waals surface area (Å²) in [4.78, 5) is 32.4. The zero-order chi connectivity index (χ0) is 23.3. The van der Waals surface area contributed by atoms with Crippen molar-refractivity contribution in [1.82, 2.24) is 14.5 Å². The third-order valence-corrected chi connectivity index (χ3v) is 5.24. The summed E-state index contributed by atoms with van der Waals surface area (Å²) in [5.74, 6) is -1.19. The number of nitrogens with zero attached hydrogens (tertiary/aromatic N) is 3. The average molecular weight is 444 g/mol. The van der Waals surface area contributed by atoms with E-state index >= 15 is 0 Å². The third kappa shape index (κ3) is 4.77. The number of hydrogen-bond acceptors (Lipinski definition) is 4. The van der Waals surface area contributed by atoms with E-state index in [-0.39, 0.29) is 24.4 Å². The second-order valence-corrected chi connectivity index (χ2v) is 7.20. The van der Waals surface area contributed by atoms with E-state index in [1.54, 1.807) is 28.8 Å². The van der Waals surface area contributed by atoms with Gasteiger partial charge in [-0.3, -0.25) is 9.36 Å². The van der Waals surface area contributed by atoms with Crippen LogP contribution in [0.1, 0.15) is 32.1 Å². The zero-order valence-corrected chi connectivity index (χ0v) is 18.3. The maximum absolute atomic E-state index is 14.1. The molecular formula is C23H26F2N4O3. The molecule has 0 saturated heterocycles. The maximum atomic E-state index is 14.1. The van der Waals surface area contributed by atoms with Crippen LogP contribution in [-0.4, -0.2) is 40.7 Å². The molecule has 2 aromatic carbocycles. The quantitative estimate of drug-likeness (QED) is 0.561. The molecule has 1 unspecified atom stereocenters. The van der Waals surface area contributed by atoms with Crippen LogP contribution >= 0.6 is 0 Å². The van der Waals surface area contributed by atoms with E-state index < -0.39 is 23.7 Å². The average Bonchev–Trinajstić information content (AvgIpc) is 2.78. The van der Waals surface area contributed by atoms with Crippen LogP contribution in [0, 0.1) is 11.6 Å². The number of carbonyl (C=O) groups is 1. The minimum atomic E-state index is -0.882. The fraction of sp³-hybridized carbons (Fsp3) is 0.348. The van der Waals surface area contributed by atoms with Gasteiger partial charge in [0.25, 0.3) is 5.56 Å². The van der Waals surface area contributed by atoms with Gasteiger partial charge in [0, 0.05) is 26.3 Å². The first-order valence-electron chi connectivity index (χ1n) is 10.4. The van der Waals surface area contributed by atoms with Crippen LogP contribution in [-0.2, 0) is 11.3 Å². The molecule has 0 spiro atoms. The second kappa shape index (κ2) is 10.3. The topological polar surface area (TPSA) is 76.5 Å². The van der Waals surface area contributed by atoms with E-state index in [0.717, 1.165) is 12.1 Å². The molecule has 32 heavy (non-hydrogen) atoms. The van der Waals surface area contributed by atoms with Crippen LogP contribution in [0.25, 0.3) is 10.9 Å². The highest BCUT2D eigenvalue weighted by atomic mass is 19.1. The number of hydrogen-bond donors (Lipinski definition) is 1. The first-order chi connectivity index (χ1) is 15.4. The number of halogens is 2. The Morgan fingerprint density at radius 1 is 1.22 bits per heavy atom.